The third-order valence-corrected chi connectivity index (χ3v) is 1.44. The van der Waals surface area contributed by atoms with Crippen molar-refractivity contribution in [2.24, 2.45) is 5.73 Å². The van der Waals surface area contributed by atoms with Crippen molar-refractivity contribution in [2.75, 3.05) is 0 Å². The predicted molar refractivity (Wildman–Crippen MR) is 48.8 cm³/mol. The summed E-state index contributed by atoms with van der Waals surface area (Å²) in [4.78, 5) is 0. The number of allylic oxidation sites excluding steroid dienone is 2. The minimum absolute atomic E-state index is 0.938. The molecule has 0 aliphatic heterocycles. The van der Waals surface area contributed by atoms with E-state index in [9.17, 15) is 0 Å². The molecule has 2 N–H and O–H groups in total. The van der Waals surface area contributed by atoms with Gasteiger partial charge in [-0.25, -0.2) is 0 Å². The van der Waals surface area contributed by atoms with Crippen LogP contribution in [0, 0.1) is 0 Å². The van der Waals surface area contributed by atoms with Crippen molar-refractivity contribution in [1.29, 1.82) is 0 Å². The zero-order chi connectivity index (χ0) is 8.10. The monoisotopic (exact) mass is 145 g/mol. The van der Waals surface area contributed by atoms with Gasteiger partial charge in [0.25, 0.3) is 0 Å². The molecule has 1 rings (SSSR count). The fourth-order valence-electron chi connectivity index (χ4n) is 0.865. The van der Waals surface area contributed by atoms with Crippen LogP contribution >= 0.6 is 0 Å². The van der Waals surface area contributed by atoms with Crippen LogP contribution in [-0.4, -0.2) is 0 Å². The Balaban J connectivity index is 2.86. The SMILES string of the molecule is C=C(/C=C\N)c1ccccc1. The third-order valence-electron chi connectivity index (χ3n) is 1.44. The molecule has 1 aromatic carbocycles. The summed E-state index contributed by atoms with van der Waals surface area (Å²) in [5.74, 6) is 0. The average molecular weight is 145 g/mol. The fraction of sp³-hybridized carbons (Fsp3) is 0. The summed E-state index contributed by atoms with van der Waals surface area (Å²) in [7, 11) is 0. The zero-order valence-electron chi connectivity index (χ0n) is 6.33. The summed E-state index contributed by atoms with van der Waals surface area (Å²) in [5, 5.41) is 0. The number of hydrogen-bond acceptors (Lipinski definition) is 1. The van der Waals surface area contributed by atoms with Gasteiger partial charge in [-0.15, -0.1) is 0 Å². The second-order valence-corrected chi connectivity index (χ2v) is 2.25. The van der Waals surface area contributed by atoms with Gasteiger partial charge in [-0.1, -0.05) is 36.9 Å². The van der Waals surface area contributed by atoms with Gasteiger partial charge in [-0.2, -0.15) is 0 Å². The van der Waals surface area contributed by atoms with Gasteiger partial charge >= 0.3 is 0 Å². The first-order valence-electron chi connectivity index (χ1n) is 3.47. The van der Waals surface area contributed by atoms with E-state index in [1.807, 2.05) is 30.3 Å². The van der Waals surface area contributed by atoms with E-state index in [2.05, 4.69) is 6.58 Å². The van der Waals surface area contributed by atoms with E-state index in [0.29, 0.717) is 0 Å². The minimum Gasteiger partial charge on any atom is -0.405 e. The first-order valence-corrected chi connectivity index (χ1v) is 3.47. The number of benzene rings is 1. The molecule has 0 saturated heterocycles. The molecule has 1 nitrogen and oxygen atoms in total. The highest BCUT2D eigenvalue weighted by atomic mass is 14.5. The van der Waals surface area contributed by atoms with Gasteiger partial charge in [0, 0.05) is 0 Å². The second kappa shape index (κ2) is 3.62. The molecule has 1 heteroatoms. The highest BCUT2D eigenvalue weighted by Crippen LogP contribution is 2.11. The van der Waals surface area contributed by atoms with Gasteiger partial charge in [0.2, 0.25) is 0 Å². The molecule has 0 saturated carbocycles. The van der Waals surface area contributed by atoms with E-state index in [1.165, 1.54) is 6.20 Å². The lowest BCUT2D eigenvalue weighted by Gasteiger charge is -1.97. The number of rotatable bonds is 2. The average Bonchev–Trinajstić information content (AvgIpc) is 2.07. The fourth-order valence-corrected chi connectivity index (χ4v) is 0.865. The van der Waals surface area contributed by atoms with Crippen LogP contribution in [0.4, 0.5) is 0 Å². The zero-order valence-corrected chi connectivity index (χ0v) is 6.33. The van der Waals surface area contributed by atoms with Crippen LogP contribution < -0.4 is 5.73 Å². The highest BCUT2D eigenvalue weighted by molar-refractivity contribution is 5.71. The van der Waals surface area contributed by atoms with E-state index in [1.54, 1.807) is 6.08 Å². The minimum atomic E-state index is 0.938. The Morgan fingerprint density at radius 2 is 1.91 bits per heavy atom. The van der Waals surface area contributed by atoms with Gasteiger partial charge < -0.3 is 5.73 Å². The van der Waals surface area contributed by atoms with Crippen LogP contribution in [0.5, 0.6) is 0 Å². The molecule has 0 atom stereocenters. The molecule has 0 aliphatic rings. The quantitative estimate of drug-likeness (QED) is 0.634. The summed E-state index contributed by atoms with van der Waals surface area (Å²) in [6.45, 7) is 3.85. The topological polar surface area (TPSA) is 26.0 Å². The number of hydrogen-bond donors (Lipinski definition) is 1. The van der Waals surface area contributed by atoms with Crippen LogP contribution in [0.25, 0.3) is 5.57 Å². The maximum atomic E-state index is 5.23. The number of nitrogens with two attached hydrogens (primary N) is 1. The Morgan fingerprint density at radius 1 is 1.27 bits per heavy atom. The van der Waals surface area contributed by atoms with Crippen molar-refractivity contribution in [3.63, 3.8) is 0 Å². The molecular weight excluding hydrogens is 134 g/mol. The van der Waals surface area contributed by atoms with Crippen LogP contribution in [0.3, 0.4) is 0 Å². The molecule has 56 valence electrons. The molecule has 0 radical (unpaired) electrons. The Hall–Kier alpha value is -1.50. The molecular formula is C10H11N. The van der Waals surface area contributed by atoms with Gasteiger partial charge in [-0.05, 0) is 23.4 Å². The molecule has 0 spiro atoms. The first kappa shape index (κ1) is 7.61. The van der Waals surface area contributed by atoms with Crippen molar-refractivity contribution in [1.82, 2.24) is 0 Å². The standard InChI is InChI=1S/C10H11N/c1-9(7-8-11)10-5-3-2-4-6-10/h2-8H,1,11H2/b8-7-. The first-order chi connectivity index (χ1) is 5.34. The van der Waals surface area contributed by atoms with Crippen LogP contribution in [0.1, 0.15) is 5.56 Å². The molecule has 1 aromatic rings. The summed E-state index contributed by atoms with van der Waals surface area (Å²) in [6, 6.07) is 9.93. The van der Waals surface area contributed by atoms with Crippen molar-refractivity contribution in [2.45, 2.75) is 0 Å². The summed E-state index contributed by atoms with van der Waals surface area (Å²) in [5.41, 5.74) is 7.27. The Morgan fingerprint density at radius 3 is 2.45 bits per heavy atom. The lowest BCUT2D eigenvalue weighted by molar-refractivity contribution is 1.58. The van der Waals surface area contributed by atoms with Crippen LogP contribution in [0.15, 0.2) is 49.2 Å². The molecule has 0 heterocycles. The van der Waals surface area contributed by atoms with E-state index in [0.717, 1.165) is 11.1 Å². The van der Waals surface area contributed by atoms with Crippen LogP contribution in [0.2, 0.25) is 0 Å². The Bertz CT molecular complexity index is 259. The van der Waals surface area contributed by atoms with Crippen molar-refractivity contribution >= 4 is 5.57 Å². The van der Waals surface area contributed by atoms with E-state index in [4.69, 9.17) is 5.73 Å². The molecule has 0 aliphatic carbocycles. The van der Waals surface area contributed by atoms with Gasteiger partial charge in [0.1, 0.15) is 0 Å². The summed E-state index contributed by atoms with van der Waals surface area (Å²) >= 11 is 0. The third kappa shape index (κ3) is 1.97. The molecule has 11 heavy (non-hydrogen) atoms. The van der Waals surface area contributed by atoms with Crippen LogP contribution in [-0.2, 0) is 0 Å². The largest absolute Gasteiger partial charge is 0.405 e. The summed E-state index contributed by atoms with van der Waals surface area (Å²) in [6.07, 6.45) is 3.28. The van der Waals surface area contributed by atoms with Crippen molar-refractivity contribution in [3.05, 3.63) is 54.8 Å². The molecule has 0 aromatic heterocycles. The highest BCUT2D eigenvalue weighted by Gasteiger charge is 1.90. The lowest BCUT2D eigenvalue weighted by atomic mass is 10.1. The Kier molecular flexibility index (Phi) is 2.50. The predicted octanol–water partition coefficient (Wildman–Crippen LogP) is 2.17. The maximum Gasteiger partial charge on any atom is -0.00564 e. The van der Waals surface area contributed by atoms with E-state index in [-0.39, 0.29) is 0 Å². The molecule has 0 bridgehead atoms. The Labute approximate surface area is 66.9 Å². The molecule has 0 unspecified atom stereocenters. The normalized spacial score (nSPS) is 10.2. The van der Waals surface area contributed by atoms with Crippen molar-refractivity contribution in [3.8, 4) is 0 Å². The molecule has 0 fully saturated rings. The second-order valence-electron chi connectivity index (χ2n) is 2.25. The molecule has 0 amide bonds. The summed E-state index contributed by atoms with van der Waals surface area (Å²) < 4.78 is 0. The van der Waals surface area contributed by atoms with Gasteiger partial charge in [-0.3, -0.25) is 0 Å². The maximum absolute atomic E-state index is 5.23. The van der Waals surface area contributed by atoms with E-state index < -0.39 is 0 Å². The van der Waals surface area contributed by atoms with Gasteiger partial charge in [0.05, 0.1) is 0 Å². The smallest absolute Gasteiger partial charge is 0.00564 e. The van der Waals surface area contributed by atoms with Gasteiger partial charge in [0.15, 0.2) is 0 Å². The lowest BCUT2D eigenvalue weighted by Crippen LogP contribution is -1.80. The van der Waals surface area contributed by atoms with Crippen molar-refractivity contribution < 1.29 is 0 Å². The van der Waals surface area contributed by atoms with E-state index >= 15 is 0 Å².